The molecule has 0 radical (unpaired) electrons. The number of piperidine rings is 1. The highest BCUT2D eigenvalue weighted by atomic mass is 35.5. The second kappa shape index (κ2) is 6.88. The summed E-state index contributed by atoms with van der Waals surface area (Å²) >= 11 is 6.32. The van der Waals surface area contributed by atoms with Crippen molar-refractivity contribution in [2.75, 3.05) is 13.1 Å². The molecule has 1 N–H and O–H groups in total. The van der Waals surface area contributed by atoms with Crippen molar-refractivity contribution in [1.82, 2.24) is 15.2 Å². The van der Waals surface area contributed by atoms with Gasteiger partial charge in [0.05, 0.1) is 17.3 Å². The largest absolute Gasteiger partial charge is 0.463 e. The van der Waals surface area contributed by atoms with Crippen molar-refractivity contribution in [1.29, 1.82) is 0 Å². The smallest absolute Gasteiger partial charge is 0.254 e. The zero-order valence-electron chi connectivity index (χ0n) is 15.9. The highest BCUT2D eigenvalue weighted by Gasteiger charge is 2.38. The van der Waals surface area contributed by atoms with Crippen molar-refractivity contribution < 1.29 is 14.0 Å². The lowest BCUT2D eigenvalue weighted by atomic mass is 9.92. The fourth-order valence-corrected chi connectivity index (χ4v) is 4.55. The number of pyridine rings is 1. The molecule has 2 aliphatic rings. The molecule has 1 aromatic carbocycles. The molecule has 0 bridgehead atoms. The third-order valence-corrected chi connectivity index (χ3v) is 6.42. The molecule has 29 heavy (non-hydrogen) atoms. The lowest BCUT2D eigenvalue weighted by Crippen LogP contribution is -2.49. The number of amides is 2. The summed E-state index contributed by atoms with van der Waals surface area (Å²) in [6.07, 6.45) is 2.97. The molecule has 2 fully saturated rings. The molecular weight excluding hydrogens is 390 g/mol. The average molecular weight is 410 g/mol. The Morgan fingerprint density at radius 3 is 3.00 bits per heavy atom. The van der Waals surface area contributed by atoms with Gasteiger partial charge in [0.15, 0.2) is 5.76 Å². The summed E-state index contributed by atoms with van der Waals surface area (Å²) in [4.78, 5) is 31.8. The Morgan fingerprint density at radius 2 is 2.21 bits per heavy atom. The van der Waals surface area contributed by atoms with Crippen molar-refractivity contribution in [2.45, 2.75) is 25.8 Å². The number of hydrogen-bond acceptors (Lipinski definition) is 4. The van der Waals surface area contributed by atoms with Crippen LogP contribution in [0.2, 0.25) is 5.02 Å². The number of carbonyl (C=O) groups excluding carboxylic acids is 2. The lowest BCUT2D eigenvalue weighted by molar-refractivity contribution is -0.119. The minimum Gasteiger partial charge on any atom is -0.463 e. The van der Waals surface area contributed by atoms with E-state index in [1.807, 2.05) is 24.0 Å². The Balaban J connectivity index is 1.59. The van der Waals surface area contributed by atoms with Crippen molar-refractivity contribution in [2.24, 2.45) is 5.92 Å². The van der Waals surface area contributed by atoms with Gasteiger partial charge in [-0.1, -0.05) is 17.7 Å². The van der Waals surface area contributed by atoms with Crippen LogP contribution in [0, 0.1) is 12.8 Å². The first-order chi connectivity index (χ1) is 14.0. The molecule has 0 spiro atoms. The maximum Gasteiger partial charge on any atom is 0.254 e. The van der Waals surface area contributed by atoms with Crippen molar-refractivity contribution in [3.8, 4) is 11.5 Å². The van der Waals surface area contributed by atoms with Gasteiger partial charge in [-0.3, -0.25) is 9.59 Å². The highest BCUT2D eigenvalue weighted by Crippen LogP contribution is 2.32. The summed E-state index contributed by atoms with van der Waals surface area (Å²) in [6.45, 7) is 3.07. The number of aryl methyl sites for hydroxylation is 1. The fraction of sp³-hybridized carbons (Fsp3) is 0.318. The van der Waals surface area contributed by atoms with Crippen LogP contribution in [-0.4, -0.2) is 40.8 Å². The van der Waals surface area contributed by atoms with Gasteiger partial charge in [0.1, 0.15) is 5.69 Å². The first-order valence-corrected chi connectivity index (χ1v) is 10.1. The predicted octanol–water partition coefficient (Wildman–Crippen LogP) is 3.81. The molecular formula is C22H20ClN3O3. The van der Waals surface area contributed by atoms with Gasteiger partial charge >= 0.3 is 0 Å². The van der Waals surface area contributed by atoms with E-state index in [9.17, 15) is 9.59 Å². The van der Waals surface area contributed by atoms with E-state index in [0.717, 1.165) is 17.4 Å². The first-order valence-electron chi connectivity index (χ1n) is 9.73. The van der Waals surface area contributed by atoms with E-state index in [2.05, 4.69) is 5.32 Å². The maximum absolute atomic E-state index is 13.5. The van der Waals surface area contributed by atoms with E-state index >= 15 is 0 Å². The van der Waals surface area contributed by atoms with Gasteiger partial charge in [-0.05, 0) is 49.1 Å². The average Bonchev–Trinajstić information content (AvgIpc) is 3.38. The number of aromatic nitrogens is 1. The van der Waals surface area contributed by atoms with E-state index in [1.165, 1.54) is 0 Å². The molecule has 2 saturated heterocycles. The van der Waals surface area contributed by atoms with Gasteiger partial charge < -0.3 is 14.6 Å². The van der Waals surface area contributed by atoms with Crippen LogP contribution in [0.4, 0.5) is 0 Å². The van der Waals surface area contributed by atoms with Gasteiger partial charge in [-0.15, -0.1) is 0 Å². The number of likely N-dealkylation sites (tertiary alicyclic amines) is 1. The topological polar surface area (TPSA) is 75.4 Å². The highest BCUT2D eigenvalue weighted by molar-refractivity contribution is 6.32. The summed E-state index contributed by atoms with van der Waals surface area (Å²) in [5.41, 5.74) is 2.69. The molecule has 148 valence electrons. The molecule has 0 saturated carbocycles. The third-order valence-electron chi connectivity index (χ3n) is 6.01. The maximum atomic E-state index is 13.5. The van der Waals surface area contributed by atoms with Gasteiger partial charge in [-0.25, -0.2) is 4.98 Å². The number of furan rings is 1. The second-order valence-electron chi connectivity index (χ2n) is 7.78. The van der Waals surface area contributed by atoms with Crippen LogP contribution < -0.4 is 5.32 Å². The summed E-state index contributed by atoms with van der Waals surface area (Å²) in [6, 6.07) is 9.09. The molecule has 3 aromatic rings. The van der Waals surface area contributed by atoms with Gasteiger partial charge in [0, 0.05) is 36.0 Å². The molecule has 4 heterocycles. The van der Waals surface area contributed by atoms with E-state index in [-0.39, 0.29) is 17.9 Å². The quantitative estimate of drug-likeness (QED) is 0.698. The van der Waals surface area contributed by atoms with Crippen LogP contribution in [0.3, 0.4) is 0 Å². The molecule has 2 amide bonds. The summed E-state index contributed by atoms with van der Waals surface area (Å²) in [5.74, 6) is 0.933. The number of halogens is 1. The monoisotopic (exact) mass is 409 g/mol. The Morgan fingerprint density at radius 1 is 1.34 bits per heavy atom. The Hall–Kier alpha value is -2.86. The second-order valence-corrected chi connectivity index (χ2v) is 8.19. The molecule has 2 atom stereocenters. The van der Waals surface area contributed by atoms with Crippen LogP contribution in [0.25, 0.3) is 22.4 Å². The minimum atomic E-state index is -0.0634. The van der Waals surface area contributed by atoms with E-state index < -0.39 is 0 Å². The number of rotatable bonds is 2. The Labute approximate surface area is 172 Å². The van der Waals surface area contributed by atoms with Gasteiger partial charge in [0.25, 0.3) is 5.91 Å². The fourth-order valence-electron chi connectivity index (χ4n) is 4.40. The van der Waals surface area contributed by atoms with Crippen LogP contribution in [0.1, 0.15) is 28.8 Å². The van der Waals surface area contributed by atoms with Gasteiger partial charge in [0.2, 0.25) is 5.91 Å². The normalized spacial score (nSPS) is 21.3. The Bertz CT molecular complexity index is 1130. The van der Waals surface area contributed by atoms with Crippen LogP contribution in [0.5, 0.6) is 0 Å². The predicted molar refractivity (Wildman–Crippen MR) is 110 cm³/mol. The summed E-state index contributed by atoms with van der Waals surface area (Å²) in [5, 5.41) is 4.38. The number of fused-ring (bicyclic) bond motifs is 2. The van der Waals surface area contributed by atoms with Crippen LogP contribution >= 0.6 is 11.6 Å². The SMILES string of the molecule is Cc1c(Cl)ccc2c(C(=O)N3CC[C@@H]4CC(=O)N[C@@H]4C3)cc(-c3ccco3)nc12. The molecule has 5 rings (SSSR count). The van der Waals surface area contributed by atoms with Crippen molar-refractivity contribution >= 4 is 34.3 Å². The Kier molecular flexibility index (Phi) is 4.32. The number of nitrogens with zero attached hydrogens (tertiary/aromatic N) is 2. The first kappa shape index (κ1) is 18.2. The lowest BCUT2D eigenvalue weighted by Gasteiger charge is -2.34. The van der Waals surface area contributed by atoms with Gasteiger partial charge in [-0.2, -0.15) is 0 Å². The van der Waals surface area contributed by atoms with Crippen molar-refractivity contribution in [3.05, 3.63) is 52.7 Å². The molecule has 0 aliphatic carbocycles. The summed E-state index contributed by atoms with van der Waals surface area (Å²) < 4.78 is 5.52. The van der Waals surface area contributed by atoms with E-state index in [0.29, 0.717) is 53.0 Å². The molecule has 2 aromatic heterocycles. The molecule has 7 heteroatoms. The number of carbonyl (C=O) groups is 2. The number of benzene rings is 1. The van der Waals surface area contributed by atoms with E-state index in [4.69, 9.17) is 21.0 Å². The number of hydrogen-bond donors (Lipinski definition) is 1. The summed E-state index contributed by atoms with van der Waals surface area (Å²) in [7, 11) is 0. The molecule has 0 unspecified atom stereocenters. The van der Waals surface area contributed by atoms with E-state index in [1.54, 1.807) is 24.5 Å². The van der Waals surface area contributed by atoms with Crippen molar-refractivity contribution in [3.63, 3.8) is 0 Å². The molecule has 2 aliphatic heterocycles. The minimum absolute atomic E-state index is 0.0361. The zero-order valence-corrected chi connectivity index (χ0v) is 16.7. The molecule has 6 nitrogen and oxygen atoms in total. The van der Waals surface area contributed by atoms with Crippen LogP contribution in [0.15, 0.2) is 41.0 Å². The zero-order chi connectivity index (χ0) is 20.1. The third kappa shape index (κ3) is 3.08. The van der Waals surface area contributed by atoms with Crippen LogP contribution in [-0.2, 0) is 4.79 Å². The standard InChI is InChI=1S/C22H20ClN3O3/c1-12-16(23)5-4-14-15(10-17(25-21(12)14)19-3-2-8-29-19)22(28)26-7-6-13-9-20(27)24-18(13)11-26/h2-5,8,10,13,18H,6-7,9,11H2,1H3,(H,24,27)/t13-,18-/m1/s1. The number of nitrogens with one attached hydrogen (secondary N) is 1.